The zero-order chi connectivity index (χ0) is 17.8. The second-order valence-electron chi connectivity index (χ2n) is 7.78. The molecule has 1 saturated carbocycles. The number of aromatic nitrogens is 1. The number of aryl methyl sites for hydroxylation is 2. The summed E-state index contributed by atoms with van der Waals surface area (Å²) in [4.78, 5) is 15.7. The molecule has 0 amide bonds. The van der Waals surface area contributed by atoms with Crippen LogP contribution in [-0.2, 0) is 22.4 Å². The Bertz CT molecular complexity index is 599. The van der Waals surface area contributed by atoms with E-state index in [0.717, 1.165) is 44.5 Å². The monoisotopic (exact) mass is 346 g/mol. The number of pyridine rings is 1. The maximum Gasteiger partial charge on any atom is 0.306 e. The lowest BCUT2D eigenvalue weighted by Crippen LogP contribution is -2.34. The number of anilines is 1. The Balaban J connectivity index is 1.35. The van der Waals surface area contributed by atoms with Crippen LogP contribution in [0.15, 0.2) is 12.1 Å². The Morgan fingerprint density at radius 1 is 1.40 bits per heavy atom. The van der Waals surface area contributed by atoms with Gasteiger partial charge in [0.1, 0.15) is 5.82 Å². The fourth-order valence-corrected chi connectivity index (χ4v) is 3.58. The highest BCUT2D eigenvalue weighted by Crippen LogP contribution is 2.34. The Morgan fingerprint density at radius 2 is 2.20 bits per heavy atom. The van der Waals surface area contributed by atoms with Crippen LogP contribution < -0.4 is 5.32 Å². The molecule has 2 unspecified atom stereocenters. The van der Waals surface area contributed by atoms with Crippen molar-refractivity contribution in [1.29, 1.82) is 0 Å². The molecule has 2 aliphatic rings. The van der Waals surface area contributed by atoms with Crippen molar-refractivity contribution >= 4 is 11.8 Å². The minimum atomic E-state index is -0.741. The Hall–Kier alpha value is -1.62. The van der Waals surface area contributed by atoms with Gasteiger partial charge in [0.15, 0.2) is 0 Å². The lowest BCUT2D eigenvalue weighted by Gasteiger charge is -2.36. The van der Waals surface area contributed by atoms with Crippen molar-refractivity contribution in [3.8, 4) is 0 Å². The maximum absolute atomic E-state index is 11.0. The number of carboxylic acids is 1. The number of carboxylic acid groups (broad SMARTS) is 1. The van der Waals surface area contributed by atoms with Crippen LogP contribution in [0.2, 0.25) is 0 Å². The summed E-state index contributed by atoms with van der Waals surface area (Å²) >= 11 is 0. The van der Waals surface area contributed by atoms with Crippen LogP contribution in [0.4, 0.5) is 5.82 Å². The highest BCUT2D eigenvalue weighted by molar-refractivity contribution is 5.69. The van der Waals surface area contributed by atoms with Crippen molar-refractivity contribution in [2.24, 2.45) is 17.8 Å². The number of hydrogen-bond acceptors (Lipinski definition) is 4. The molecule has 138 valence electrons. The predicted molar refractivity (Wildman–Crippen MR) is 97.8 cm³/mol. The third-order valence-electron chi connectivity index (χ3n) is 5.79. The molecule has 0 bridgehead atoms. The molecule has 0 radical (unpaired) electrons. The Kier molecular flexibility index (Phi) is 5.94. The fraction of sp³-hybridized carbons (Fsp3) is 0.700. The van der Waals surface area contributed by atoms with E-state index in [1.54, 1.807) is 6.92 Å². The Morgan fingerprint density at radius 3 is 2.96 bits per heavy atom. The van der Waals surface area contributed by atoms with Crippen LogP contribution in [0, 0.1) is 17.8 Å². The first-order chi connectivity index (χ1) is 12.0. The fourth-order valence-electron chi connectivity index (χ4n) is 3.58. The van der Waals surface area contributed by atoms with Crippen molar-refractivity contribution in [3.63, 3.8) is 0 Å². The highest BCUT2D eigenvalue weighted by Gasteiger charge is 2.31. The van der Waals surface area contributed by atoms with E-state index in [9.17, 15) is 4.79 Å². The molecule has 0 saturated heterocycles. The third-order valence-corrected chi connectivity index (χ3v) is 5.79. The third kappa shape index (κ3) is 4.72. The van der Waals surface area contributed by atoms with Gasteiger partial charge < -0.3 is 15.2 Å². The Labute approximate surface area is 150 Å². The van der Waals surface area contributed by atoms with E-state index < -0.39 is 5.97 Å². The molecule has 5 heteroatoms. The summed E-state index contributed by atoms with van der Waals surface area (Å²) in [5.41, 5.74) is 2.53. The molecule has 2 N–H and O–H groups in total. The lowest BCUT2D eigenvalue weighted by atomic mass is 9.79. The van der Waals surface area contributed by atoms with Crippen molar-refractivity contribution < 1.29 is 14.6 Å². The molecule has 1 aliphatic carbocycles. The first-order valence-electron chi connectivity index (χ1n) is 9.60. The van der Waals surface area contributed by atoms with Gasteiger partial charge in [-0.05, 0) is 62.0 Å². The SMILES string of the molecule is CC(CO[C@H]1C[C@H](CCc2ccc3c(n2)NCCC3)C1)C(C)C(=O)O. The number of nitrogens with zero attached hydrogens (tertiary/aromatic N) is 1. The second kappa shape index (κ2) is 8.17. The van der Waals surface area contributed by atoms with E-state index in [4.69, 9.17) is 14.8 Å². The van der Waals surface area contributed by atoms with Gasteiger partial charge in [0.25, 0.3) is 0 Å². The largest absolute Gasteiger partial charge is 0.481 e. The molecule has 0 aromatic carbocycles. The van der Waals surface area contributed by atoms with Crippen LogP contribution >= 0.6 is 0 Å². The van der Waals surface area contributed by atoms with E-state index in [1.165, 1.54) is 17.7 Å². The van der Waals surface area contributed by atoms with Crippen molar-refractivity contribution in [2.75, 3.05) is 18.5 Å². The summed E-state index contributed by atoms with van der Waals surface area (Å²) in [5.74, 6) is 0.765. The summed E-state index contributed by atoms with van der Waals surface area (Å²) in [6.07, 6.45) is 7.02. The smallest absolute Gasteiger partial charge is 0.306 e. The standard InChI is InChI=1S/C20H30N2O3/c1-13(14(2)20(23)24)12-25-18-10-15(11-18)5-7-17-8-6-16-4-3-9-21-19(16)22-17/h6,8,13-15,18H,3-5,7,9-12H2,1-2H3,(H,21,22)(H,23,24)/t13?,14?,15-,18-. The number of ether oxygens (including phenoxy) is 1. The number of hydrogen-bond donors (Lipinski definition) is 2. The van der Waals surface area contributed by atoms with Gasteiger partial charge in [0.2, 0.25) is 0 Å². The number of nitrogens with one attached hydrogen (secondary N) is 1. The zero-order valence-corrected chi connectivity index (χ0v) is 15.3. The van der Waals surface area contributed by atoms with Gasteiger partial charge in [0.05, 0.1) is 18.6 Å². The van der Waals surface area contributed by atoms with Crippen molar-refractivity contribution in [3.05, 3.63) is 23.4 Å². The molecule has 2 atom stereocenters. The maximum atomic E-state index is 11.0. The molecule has 0 spiro atoms. The van der Waals surface area contributed by atoms with Gasteiger partial charge in [-0.15, -0.1) is 0 Å². The van der Waals surface area contributed by atoms with Gasteiger partial charge in [-0.2, -0.15) is 0 Å². The van der Waals surface area contributed by atoms with Crippen LogP contribution in [0.5, 0.6) is 0 Å². The van der Waals surface area contributed by atoms with Crippen LogP contribution in [0.25, 0.3) is 0 Å². The molecule has 25 heavy (non-hydrogen) atoms. The highest BCUT2D eigenvalue weighted by atomic mass is 16.5. The molecule has 1 aliphatic heterocycles. The molecule has 1 fully saturated rings. The average Bonchev–Trinajstić information content (AvgIpc) is 2.58. The molecule has 3 rings (SSSR count). The first kappa shape index (κ1) is 18.2. The topological polar surface area (TPSA) is 71.5 Å². The minimum absolute atomic E-state index is 0.0590. The van der Waals surface area contributed by atoms with Gasteiger partial charge in [0, 0.05) is 12.2 Å². The number of rotatable bonds is 8. The van der Waals surface area contributed by atoms with Gasteiger partial charge in [-0.25, -0.2) is 4.98 Å². The van der Waals surface area contributed by atoms with Gasteiger partial charge >= 0.3 is 5.97 Å². The number of carbonyl (C=O) groups is 1. The van der Waals surface area contributed by atoms with E-state index in [-0.39, 0.29) is 11.8 Å². The summed E-state index contributed by atoms with van der Waals surface area (Å²) in [6.45, 7) is 5.28. The van der Waals surface area contributed by atoms with E-state index >= 15 is 0 Å². The molecule has 1 aromatic rings. The molecule has 5 nitrogen and oxygen atoms in total. The summed E-state index contributed by atoms with van der Waals surface area (Å²) < 4.78 is 5.88. The first-order valence-corrected chi connectivity index (χ1v) is 9.60. The van der Waals surface area contributed by atoms with Crippen molar-refractivity contribution in [1.82, 2.24) is 4.98 Å². The minimum Gasteiger partial charge on any atom is -0.481 e. The normalized spacial score (nSPS) is 24.6. The molecular formula is C20H30N2O3. The van der Waals surface area contributed by atoms with Crippen LogP contribution in [0.1, 0.15) is 50.8 Å². The van der Waals surface area contributed by atoms with Crippen molar-refractivity contribution in [2.45, 2.75) is 58.5 Å². The average molecular weight is 346 g/mol. The number of fused-ring (bicyclic) bond motifs is 1. The number of aliphatic carboxylic acids is 1. The van der Waals surface area contributed by atoms with E-state index in [2.05, 4.69) is 17.4 Å². The van der Waals surface area contributed by atoms with E-state index in [0.29, 0.717) is 18.6 Å². The second-order valence-corrected chi connectivity index (χ2v) is 7.78. The molecular weight excluding hydrogens is 316 g/mol. The van der Waals surface area contributed by atoms with Crippen LogP contribution in [0.3, 0.4) is 0 Å². The van der Waals surface area contributed by atoms with Gasteiger partial charge in [-0.1, -0.05) is 19.9 Å². The quantitative estimate of drug-likeness (QED) is 0.753. The van der Waals surface area contributed by atoms with E-state index in [1.807, 2.05) is 6.92 Å². The lowest BCUT2D eigenvalue weighted by molar-refractivity contribution is -0.144. The summed E-state index contributed by atoms with van der Waals surface area (Å²) in [6, 6.07) is 4.40. The van der Waals surface area contributed by atoms with Crippen LogP contribution in [-0.4, -0.2) is 35.3 Å². The summed E-state index contributed by atoms with van der Waals surface area (Å²) in [5, 5.41) is 12.4. The zero-order valence-electron chi connectivity index (χ0n) is 15.3. The molecule has 2 heterocycles. The molecule has 1 aromatic heterocycles. The van der Waals surface area contributed by atoms with Gasteiger partial charge in [-0.3, -0.25) is 4.79 Å². The predicted octanol–water partition coefficient (Wildman–Crippen LogP) is 3.52. The summed E-state index contributed by atoms with van der Waals surface area (Å²) in [7, 11) is 0.